The van der Waals surface area contributed by atoms with Crippen molar-refractivity contribution in [2.45, 2.75) is 63.2 Å². The zero-order valence-corrected chi connectivity index (χ0v) is 20.2. The van der Waals surface area contributed by atoms with E-state index in [1.807, 2.05) is 39.0 Å². The summed E-state index contributed by atoms with van der Waals surface area (Å²) in [6.45, 7) is 7.13. The van der Waals surface area contributed by atoms with Crippen LogP contribution in [-0.4, -0.2) is 38.3 Å². The number of aryl methyl sites for hydroxylation is 3. The molecule has 6 heteroatoms. The summed E-state index contributed by atoms with van der Waals surface area (Å²) >= 11 is 0. The molecule has 2 fully saturated rings. The molecule has 4 rings (SSSR count). The summed E-state index contributed by atoms with van der Waals surface area (Å²) in [7, 11) is -3.55. The molecular weight excluding hydrogens is 420 g/mol. The van der Waals surface area contributed by atoms with Crippen molar-refractivity contribution < 1.29 is 13.2 Å². The van der Waals surface area contributed by atoms with E-state index in [-0.39, 0.29) is 17.2 Å². The van der Waals surface area contributed by atoms with Crippen molar-refractivity contribution in [1.29, 1.82) is 0 Å². The molecule has 1 aliphatic heterocycles. The van der Waals surface area contributed by atoms with Crippen molar-refractivity contribution in [3.05, 3.63) is 64.7 Å². The Morgan fingerprint density at radius 2 is 1.62 bits per heavy atom. The number of rotatable bonds is 6. The highest BCUT2D eigenvalue weighted by molar-refractivity contribution is 7.89. The lowest BCUT2D eigenvalue weighted by atomic mass is 9.64. The van der Waals surface area contributed by atoms with Crippen LogP contribution in [0.2, 0.25) is 0 Å². The van der Waals surface area contributed by atoms with E-state index in [9.17, 15) is 13.2 Å². The number of hydrogen-bond donors (Lipinski definition) is 1. The van der Waals surface area contributed by atoms with Gasteiger partial charge in [0.2, 0.25) is 15.9 Å². The number of hydrogen-bond acceptors (Lipinski definition) is 3. The largest absolute Gasteiger partial charge is 0.355 e. The fourth-order valence-electron chi connectivity index (χ4n) is 5.42. The first-order valence-corrected chi connectivity index (χ1v) is 13.1. The fraction of sp³-hybridized carbons (Fsp3) is 0.500. The third kappa shape index (κ3) is 4.35. The van der Waals surface area contributed by atoms with Crippen molar-refractivity contribution in [3.63, 3.8) is 0 Å². The Hall–Kier alpha value is -2.18. The van der Waals surface area contributed by atoms with Gasteiger partial charge in [-0.1, -0.05) is 54.4 Å². The second-order valence-electron chi connectivity index (χ2n) is 9.62. The van der Waals surface area contributed by atoms with Crippen LogP contribution < -0.4 is 5.32 Å². The Labute approximate surface area is 192 Å². The van der Waals surface area contributed by atoms with Gasteiger partial charge in [-0.05, 0) is 63.1 Å². The van der Waals surface area contributed by atoms with Gasteiger partial charge in [-0.2, -0.15) is 4.31 Å². The lowest BCUT2D eigenvalue weighted by Crippen LogP contribution is -2.48. The van der Waals surface area contributed by atoms with Crippen LogP contribution in [0.15, 0.2) is 47.4 Å². The zero-order valence-electron chi connectivity index (χ0n) is 19.4. The summed E-state index contributed by atoms with van der Waals surface area (Å²) in [5, 5.41) is 3.20. The molecule has 0 unspecified atom stereocenters. The zero-order chi connectivity index (χ0) is 22.9. The van der Waals surface area contributed by atoms with Gasteiger partial charge in [-0.15, -0.1) is 0 Å². The number of sulfonamides is 1. The van der Waals surface area contributed by atoms with Crippen LogP contribution in [0.1, 0.15) is 54.4 Å². The monoisotopic (exact) mass is 454 g/mol. The molecule has 0 radical (unpaired) electrons. The van der Waals surface area contributed by atoms with Crippen LogP contribution in [-0.2, 0) is 20.2 Å². The molecule has 172 valence electrons. The van der Waals surface area contributed by atoms with E-state index >= 15 is 0 Å². The lowest BCUT2D eigenvalue weighted by Gasteiger charge is -2.43. The molecule has 1 aliphatic carbocycles. The summed E-state index contributed by atoms with van der Waals surface area (Å²) in [6, 6.07) is 14.3. The standard InChI is InChI=1S/C26H34N2O3S/c1-19-16-20(2)24(21(3)17-19)32(30,31)28-14-10-22(11-15-28)25(29)27-18-26(12-7-13-26)23-8-5-4-6-9-23/h4-6,8-9,16-17,22H,7,10-15,18H2,1-3H3,(H,27,29). The second-order valence-corrected chi connectivity index (χ2v) is 11.5. The molecule has 0 atom stereocenters. The van der Waals surface area contributed by atoms with Crippen LogP contribution in [0.4, 0.5) is 0 Å². The van der Waals surface area contributed by atoms with Gasteiger partial charge in [-0.25, -0.2) is 8.42 Å². The van der Waals surface area contributed by atoms with E-state index in [2.05, 4.69) is 29.6 Å². The number of carbonyl (C=O) groups is 1. The normalized spacial score (nSPS) is 19.3. The number of carbonyl (C=O) groups excluding carboxylic acids is 1. The molecule has 1 N–H and O–H groups in total. The van der Waals surface area contributed by atoms with E-state index in [1.54, 1.807) is 4.31 Å². The maximum Gasteiger partial charge on any atom is 0.243 e. The van der Waals surface area contributed by atoms with E-state index in [0.717, 1.165) is 29.5 Å². The number of amides is 1. The third-order valence-corrected chi connectivity index (χ3v) is 9.53. The van der Waals surface area contributed by atoms with Crippen molar-refractivity contribution in [1.82, 2.24) is 9.62 Å². The first-order chi connectivity index (χ1) is 15.2. The predicted molar refractivity (Wildman–Crippen MR) is 127 cm³/mol. The molecule has 32 heavy (non-hydrogen) atoms. The minimum Gasteiger partial charge on any atom is -0.355 e. The Balaban J connectivity index is 1.37. The average Bonchev–Trinajstić information content (AvgIpc) is 2.73. The Morgan fingerprint density at radius 1 is 1.03 bits per heavy atom. The predicted octanol–water partition coefficient (Wildman–Crippen LogP) is 4.25. The van der Waals surface area contributed by atoms with Crippen molar-refractivity contribution in [2.75, 3.05) is 19.6 Å². The highest BCUT2D eigenvalue weighted by Gasteiger charge is 2.40. The first kappa shape index (κ1) is 23.0. The van der Waals surface area contributed by atoms with Gasteiger partial charge < -0.3 is 5.32 Å². The number of nitrogens with zero attached hydrogens (tertiary/aromatic N) is 1. The molecule has 1 saturated carbocycles. The van der Waals surface area contributed by atoms with Gasteiger partial charge in [0.1, 0.15) is 0 Å². The highest BCUT2D eigenvalue weighted by atomic mass is 32.2. The summed E-state index contributed by atoms with van der Waals surface area (Å²) in [6.07, 6.45) is 4.52. The second kappa shape index (κ2) is 8.99. The summed E-state index contributed by atoms with van der Waals surface area (Å²) < 4.78 is 28.2. The molecular formula is C26H34N2O3S. The molecule has 2 aromatic carbocycles. The summed E-state index contributed by atoms with van der Waals surface area (Å²) in [4.78, 5) is 13.3. The van der Waals surface area contributed by atoms with Gasteiger partial charge in [0, 0.05) is 31.0 Å². The molecule has 0 bridgehead atoms. The van der Waals surface area contributed by atoms with Crippen LogP contribution in [0.3, 0.4) is 0 Å². The van der Waals surface area contributed by atoms with E-state index < -0.39 is 10.0 Å². The fourth-order valence-corrected chi connectivity index (χ4v) is 7.31. The molecule has 0 spiro atoms. The molecule has 2 aromatic rings. The molecule has 1 amide bonds. The van der Waals surface area contributed by atoms with Crippen LogP contribution in [0.25, 0.3) is 0 Å². The van der Waals surface area contributed by atoms with E-state index in [0.29, 0.717) is 37.4 Å². The van der Waals surface area contributed by atoms with Crippen LogP contribution in [0, 0.1) is 26.7 Å². The van der Waals surface area contributed by atoms with E-state index in [4.69, 9.17) is 0 Å². The Morgan fingerprint density at radius 3 is 2.16 bits per heavy atom. The Bertz CT molecular complexity index is 1060. The summed E-state index contributed by atoms with van der Waals surface area (Å²) in [5.74, 6) is -0.0680. The molecule has 1 saturated heterocycles. The number of piperidine rings is 1. The van der Waals surface area contributed by atoms with Gasteiger partial charge in [0.05, 0.1) is 4.90 Å². The van der Waals surface area contributed by atoms with Gasteiger partial charge in [-0.3, -0.25) is 4.79 Å². The molecule has 5 nitrogen and oxygen atoms in total. The first-order valence-electron chi connectivity index (χ1n) is 11.6. The van der Waals surface area contributed by atoms with Crippen LogP contribution in [0.5, 0.6) is 0 Å². The minimum absolute atomic E-state index is 0.0570. The summed E-state index contributed by atoms with van der Waals surface area (Å²) in [5.41, 5.74) is 4.00. The smallest absolute Gasteiger partial charge is 0.243 e. The number of nitrogens with one attached hydrogen (secondary N) is 1. The maximum absolute atomic E-state index is 13.3. The topological polar surface area (TPSA) is 66.5 Å². The van der Waals surface area contributed by atoms with Crippen molar-refractivity contribution in [3.8, 4) is 0 Å². The van der Waals surface area contributed by atoms with Gasteiger partial charge >= 0.3 is 0 Å². The average molecular weight is 455 g/mol. The number of benzene rings is 2. The van der Waals surface area contributed by atoms with E-state index in [1.165, 1.54) is 12.0 Å². The quantitative estimate of drug-likeness (QED) is 0.710. The molecule has 0 aromatic heterocycles. The highest BCUT2D eigenvalue weighted by Crippen LogP contribution is 2.43. The van der Waals surface area contributed by atoms with Crippen molar-refractivity contribution >= 4 is 15.9 Å². The Kier molecular flexibility index (Phi) is 6.46. The van der Waals surface area contributed by atoms with Gasteiger partial charge in [0.25, 0.3) is 0 Å². The minimum atomic E-state index is -3.55. The molecule has 1 heterocycles. The third-order valence-electron chi connectivity index (χ3n) is 7.33. The molecule has 2 aliphatic rings. The van der Waals surface area contributed by atoms with Crippen molar-refractivity contribution in [2.24, 2.45) is 5.92 Å². The SMILES string of the molecule is Cc1cc(C)c(S(=O)(=O)N2CCC(C(=O)NCC3(c4ccccc4)CCC3)CC2)c(C)c1. The van der Waals surface area contributed by atoms with Crippen LogP contribution >= 0.6 is 0 Å². The van der Waals surface area contributed by atoms with Gasteiger partial charge in [0.15, 0.2) is 0 Å². The maximum atomic E-state index is 13.3. The lowest BCUT2D eigenvalue weighted by molar-refractivity contribution is -0.126.